The molecule has 6 heteroatoms. The molecule has 3 rings (SSSR count). The standard InChI is InChI=1S/C27H29NO4S/c1-21-15-17-24(18-16-21)33(30,31)26(27(29)32-2)14-8-4-7-13-25(22-10-5-3-6-11-22)23-12-9-19-28-20-23/h3,5-6,9-13,15-20,26H,4,7-8,14H2,1-2H3/b25-13-. The zero-order valence-corrected chi connectivity index (χ0v) is 19.8. The molecule has 1 unspecified atom stereocenters. The zero-order chi connectivity index (χ0) is 23.7. The number of carbonyl (C=O) groups excluding carboxylic acids is 1. The number of ether oxygens (including phenoxy) is 1. The van der Waals surface area contributed by atoms with Gasteiger partial charge in [-0.15, -0.1) is 0 Å². The first-order valence-corrected chi connectivity index (χ1v) is 12.5. The molecule has 0 aliphatic rings. The van der Waals surface area contributed by atoms with Crippen molar-refractivity contribution >= 4 is 21.4 Å². The smallest absolute Gasteiger partial charge is 0.324 e. The molecule has 0 saturated heterocycles. The number of hydrogen-bond acceptors (Lipinski definition) is 5. The SMILES string of the molecule is COC(=O)C(CCCC/C=C(/c1ccccc1)c1cccnc1)S(=O)(=O)c1ccc(C)cc1. The van der Waals surface area contributed by atoms with E-state index >= 15 is 0 Å². The van der Waals surface area contributed by atoms with E-state index in [1.54, 1.807) is 30.5 Å². The summed E-state index contributed by atoms with van der Waals surface area (Å²) in [5.74, 6) is -0.716. The summed E-state index contributed by atoms with van der Waals surface area (Å²) in [5, 5.41) is -1.21. The Hall–Kier alpha value is -3.25. The van der Waals surface area contributed by atoms with Gasteiger partial charge in [-0.3, -0.25) is 9.78 Å². The van der Waals surface area contributed by atoms with Gasteiger partial charge in [-0.1, -0.05) is 66.6 Å². The number of aryl methyl sites for hydroxylation is 1. The van der Waals surface area contributed by atoms with Gasteiger partial charge in [0, 0.05) is 18.0 Å². The first-order chi connectivity index (χ1) is 15.9. The summed E-state index contributed by atoms with van der Waals surface area (Å²) >= 11 is 0. The second-order valence-corrected chi connectivity index (χ2v) is 10.0. The second kappa shape index (κ2) is 11.6. The van der Waals surface area contributed by atoms with E-state index in [1.807, 2.05) is 43.5 Å². The van der Waals surface area contributed by atoms with E-state index in [2.05, 4.69) is 23.2 Å². The molecule has 3 aromatic rings. The van der Waals surface area contributed by atoms with Crippen molar-refractivity contribution in [2.24, 2.45) is 0 Å². The topological polar surface area (TPSA) is 73.3 Å². The third kappa shape index (κ3) is 6.39. The van der Waals surface area contributed by atoms with E-state index < -0.39 is 21.1 Å². The molecule has 1 heterocycles. The van der Waals surface area contributed by atoms with Crippen LogP contribution in [-0.4, -0.2) is 31.7 Å². The van der Waals surface area contributed by atoms with Gasteiger partial charge < -0.3 is 4.74 Å². The molecule has 0 radical (unpaired) electrons. The van der Waals surface area contributed by atoms with Gasteiger partial charge in [-0.05, 0) is 55.5 Å². The van der Waals surface area contributed by atoms with Crippen LogP contribution in [0.5, 0.6) is 0 Å². The number of aromatic nitrogens is 1. The van der Waals surface area contributed by atoms with Gasteiger partial charge >= 0.3 is 5.97 Å². The molecule has 172 valence electrons. The van der Waals surface area contributed by atoms with Crippen LogP contribution in [0.15, 0.2) is 90.1 Å². The van der Waals surface area contributed by atoms with E-state index in [9.17, 15) is 13.2 Å². The Balaban J connectivity index is 1.70. The van der Waals surface area contributed by atoms with Crippen LogP contribution in [0.1, 0.15) is 42.4 Å². The number of methoxy groups -OCH3 is 1. The van der Waals surface area contributed by atoms with Crippen molar-refractivity contribution < 1.29 is 17.9 Å². The summed E-state index contributed by atoms with van der Waals surface area (Å²) in [7, 11) is -2.59. The molecule has 0 spiro atoms. The van der Waals surface area contributed by atoms with Crippen molar-refractivity contribution in [3.63, 3.8) is 0 Å². The lowest BCUT2D eigenvalue weighted by Crippen LogP contribution is -2.31. The highest BCUT2D eigenvalue weighted by Crippen LogP contribution is 2.25. The predicted octanol–water partition coefficient (Wildman–Crippen LogP) is 5.40. The van der Waals surface area contributed by atoms with Crippen LogP contribution in [0.3, 0.4) is 0 Å². The minimum atomic E-state index is -3.82. The number of benzene rings is 2. The number of carbonyl (C=O) groups is 1. The fourth-order valence-corrected chi connectivity index (χ4v) is 5.36. The van der Waals surface area contributed by atoms with Crippen molar-refractivity contribution in [2.45, 2.75) is 42.8 Å². The maximum absolute atomic E-state index is 13.1. The Morgan fingerprint density at radius 2 is 1.67 bits per heavy atom. The lowest BCUT2D eigenvalue weighted by atomic mass is 9.97. The van der Waals surface area contributed by atoms with Gasteiger partial charge in [0.25, 0.3) is 0 Å². The summed E-state index contributed by atoms with van der Waals surface area (Å²) in [4.78, 5) is 16.7. The maximum atomic E-state index is 13.1. The number of unbranched alkanes of at least 4 members (excludes halogenated alkanes) is 2. The average Bonchev–Trinajstić information content (AvgIpc) is 2.84. The fourth-order valence-electron chi connectivity index (χ4n) is 3.69. The summed E-state index contributed by atoms with van der Waals surface area (Å²) in [6, 6.07) is 20.6. The molecule has 5 nitrogen and oxygen atoms in total. The molecule has 2 aromatic carbocycles. The van der Waals surface area contributed by atoms with Gasteiger partial charge in [-0.2, -0.15) is 0 Å². The van der Waals surface area contributed by atoms with E-state index in [0.29, 0.717) is 6.42 Å². The van der Waals surface area contributed by atoms with Crippen LogP contribution in [0.2, 0.25) is 0 Å². The van der Waals surface area contributed by atoms with E-state index in [0.717, 1.165) is 35.1 Å². The number of sulfone groups is 1. The molecule has 1 aromatic heterocycles. The second-order valence-electron chi connectivity index (χ2n) is 7.88. The Morgan fingerprint density at radius 3 is 2.30 bits per heavy atom. The van der Waals surface area contributed by atoms with Crippen molar-refractivity contribution in [3.8, 4) is 0 Å². The zero-order valence-electron chi connectivity index (χ0n) is 19.0. The largest absolute Gasteiger partial charge is 0.468 e. The van der Waals surface area contributed by atoms with Crippen LogP contribution < -0.4 is 0 Å². The number of rotatable bonds is 10. The number of nitrogens with zero attached hydrogens (tertiary/aromatic N) is 1. The third-order valence-electron chi connectivity index (χ3n) is 5.51. The highest BCUT2D eigenvalue weighted by Gasteiger charge is 2.34. The fraction of sp³-hybridized carbons (Fsp3) is 0.259. The molecule has 0 fully saturated rings. The summed E-state index contributed by atoms with van der Waals surface area (Å²) in [6.45, 7) is 1.89. The van der Waals surface area contributed by atoms with Crippen molar-refractivity contribution in [1.82, 2.24) is 4.98 Å². The normalized spacial score (nSPS) is 12.8. The van der Waals surface area contributed by atoms with Crippen LogP contribution >= 0.6 is 0 Å². The van der Waals surface area contributed by atoms with Gasteiger partial charge in [0.1, 0.15) is 0 Å². The van der Waals surface area contributed by atoms with Crippen LogP contribution in [0, 0.1) is 6.92 Å². The Morgan fingerprint density at radius 1 is 0.970 bits per heavy atom. The highest BCUT2D eigenvalue weighted by molar-refractivity contribution is 7.92. The molecular weight excluding hydrogens is 434 g/mol. The van der Waals surface area contributed by atoms with Crippen LogP contribution in [0.25, 0.3) is 5.57 Å². The van der Waals surface area contributed by atoms with Crippen LogP contribution in [-0.2, 0) is 19.4 Å². The Labute approximate surface area is 196 Å². The Kier molecular flexibility index (Phi) is 8.55. The minimum Gasteiger partial charge on any atom is -0.468 e. The van der Waals surface area contributed by atoms with E-state index in [4.69, 9.17) is 4.74 Å². The average molecular weight is 464 g/mol. The van der Waals surface area contributed by atoms with Crippen molar-refractivity contribution in [2.75, 3.05) is 7.11 Å². The quantitative estimate of drug-likeness (QED) is 0.297. The minimum absolute atomic E-state index is 0.145. The Bertz CT molecular complexity index is 1130. The number of pyridine rings is 1. The maximum Gasteiger partial charge on any atom is 0.324 e. The molecule has 0 amide bonds. The molecule has 0 aliphatic heterocycles. The highest BCUT2D eigenvalue weighted by atomic mass is 32.2. The molecular formula is C27H29NO4S. The van der Waals surface area contributed by atoms with Crippen molar-refractivity contribution in [3.05, 3.63) is 102 Å². The van der Waals surface area contributed by atoms with Gasteiger partial charge in [0.2, 0.25) is 0 Å². The predicted molar refractivity (Wildman–Crippen MR) is 130 cm³/mol. The summed E-state index contributed by atoms with van der Waals surface area (Å²) < 4.78 is 31.0. The first kappa shape index (κ1) is 24.4. The number of hydrogen-bond donors (Lipinski definition) is 0. The molecule has 0 saturated carbocycles. The lowest BCUT2D eigenvalue weighted by molar-refractivity contribution is -0.140. The molecule has 1 atom stereocenters. The van der Waals surface area contributed by atoms with Crippen LogP contribution in [0.4, 0.5) is 0 Å². The van der Waals surface area contributed by atoms with Gasteiger partial charge in [0.05, 0.1) is 12.0 Å². The lowest BCUT2D eigenvalue weighted by Gasteiger charge is -2.16. The third-order valence-corrected chi connectivity index (χ3v) is 7.62. The molecule has 0 bridgehead atoms. The van der Waals surface area contributed by atoms with Crippen molar-refractivity contribution in [1.29, 1.82) is 0 Å². The monoisotopic (exact) mass is 463 g/mol. The van der Waals surface area contributed by atoms with E-state index in [1.165, 1.54) is 7.11 Å². The van der Waals surface area contributed by atoms with Gasteiger partial charge in [-0.25, -0.2) is 8.42 Å². The van der Waals surface area contributed by atoms with E-state index in [-0.39, 0.29) is 11.3 Å². The number of esters is 1. The molecule has 0 aliphatic carbocycles. The summed E-state index contributed by atoms with van der Waals surface area (Å²) in [5.41, 5.74) is 4.16. The summed E-state index contributed by atoms with van der Waals surface area (Å²) in [6.07, 6.45) is 8.01. The first-order valence-electron chi connectivity index (χ1n) is 11.0. The molecule has 0 N–H and O–H groups in total. The van der Waals surface area contributed by atoms with Gasteiger partial charge in [0.15, 0.2) is 15.1 Å². The number of allylic oxidation sites excluding steroid dienone is 1. The molecule has 33 heavy (non-hydrogen) atoms.